The zero-order valence-electron chi connectivity index (χ0n) is 6.94. The van der Waals surface area contributed by atoms with E-state index in [0.717, 1.165) is 5.57 Å². The standard InChI is InChI=1S/C9H15N/c1-7(2)9(4)8(3)5-6-10/h5-6H,1,10H2,2-4H3/b6-5-,9-8-. The second kappa shape index (κ2) is 3.94. The summed E-state index contributed by atoms with van der Waals surface area (Å²) in [5.41, 5.74) is 8.70. The van der Waals surface area contributed by atoms with Crippen LogP contribution in [0, 0.1) is 0 Å². The molecule has 0 aromatic rings. The molecule has 0 aromatic heterocycles. The highest BCUT2D eigenvalue weighted by Gasteiger charge is 1.91. The molecule has 1 heteroatoms. The van der Waals surface area contributed by atoms with Crippen molar-refractivity contribution >= 4 is 0 Å². The van der Waals surface area contributed by atoms with Gasteiger partial charge in [0.15, 0.2) is 0 Å². The van der Waals surface area contributed by atoms with Crippen LogP contribution in [0.25, 0.3) is 0 Å². The Morgan fingerprint density at radius 3 is 2.10 bits per heavy atom. The van der Waals surface area contributed by atoms with Crippen LogP contribution in [-0.4, -0.2) is 0 Å². The fraction of sp³-hybridized carbons (Fsp3) is 0.333. The fourth-order valence-corrected chi connectivity index (χ4v) is 0.606. The van der Waals surface area contributed by atoms with Gasteiger partial charge in [-0.3, -0.25) is 0 Å². The zero-order chi connectivity index (χ0) is 8.15. The van der Waals surface area contributed by atoms with E-state index in [1.165, 1.54) is 11.1 Å². The topological polar surface area (TPSA) is 26.0 Å². The Morgan fingerprint density at radius 2 is 1.80 bits per heavy atom. The molecule has 2 N–H and O–H groups in total. The second-order valence-electron chi connectivity index (χ2n) is 2.45. The Hall–Kier alpha value is -0.980. The van der Waals surface area contributed by atoms with Crippen LogP contribution in [-0.2, 0) is 0 Å². The quantitative estimate of drug-likeness (QED) is 0.581. The lowest BCUT2D eigenvalue weighted by Gasteiger charge is -2.01. The van der Waals surface area contributed by atoms with Crippen LogP contribution < -0.4 is 5.73 Å². The Balaban J connectivity index is 4.50. The molecule has 0 amide bonds. The van der Waals surface area contributed by atoms with Crippen molar-refractivity contribution in [1.82, 2.24) is 0 Å². The van der Waals surface area contributed by atoms with E-state index in [9.17, 15) is 0 Å². The van der Waals surface area contributed by atoms with E-state index in [1.54, 1.807) is 6.20 Å². The highest BCUT2D eigenvalue weighted by atomic mass is 14.5. The van der Waals surface area contributed by atoms with E-state index in [1.807, 2.05) is 26.8 Å². The van der Waals surface area contributed by atoms with E-state index < -0.39 is 0 Å². The van der Waals surface area contributed by atoms with Crippen molar-refractivity contribution in [3.05, 3.63) is 35.6 Å². The number of hydrogen-bond donors (Lipinski definition) is 1. The molecular weight excluding hydrogens is 122 g/mol. The molecule has 0 unspecified atom stereocenters. The normalized spacial score (nSPS) is 13.5. The summed E-state index contributed by atoms with van der Waals surface area (Å²) in [5, 5.41) is 0. The van der Waals surface area contributed by atoms with Crippen LogP contribution in [0.5, 0.6) is 0 Å². The first kappa shape index (κ1) is 9.02. The van der Waals surface area contributed by atoms with Gasteiger partial charge in [-0.2, -0.15) is 0 Å². The van der Waals surface area contributed by atoms with Crippen LogP contribution in [0.3, 0.4) is 0 Å². The molecular formula is C9H15N. The van der Waals surface area contributed by atoms with Crippen LogP contribution in [0.2, 0.25) is 0 Å². The Morgan fingerprint density at radius 1 is 1.30 bits per heavy atom. The average Bonchev–Trinajstić information content (AvgIpc) is 1.87. The lowest BCUT2D eigenvalue weighted by atomic mass is 10.1. The molecule has 0 fully saturated rings. The van der Waals surface area contributed by atoms with Crippen molar-refractivity contribution in [2.24, 2.45) is 5.73 Å². The highest BCUT2D eigenvalue weighted by Crippen LogP contribution is 2.11. The largest absolute Gasteiger partial charge is 0.405 e. The van der Waals surface area contributed by atoms with Crippen molar-refractivity contribution in [1.29, 1.82) is 0 Å². The van der Waals surface area contributed by atoms with Gasteiger partial charge in [-0.1, -0.05) is 12.2 Å². The minimum Gasteiger partial charge on any atom is -0.405 e. The summed E-state index contributed by atoms with van der Waals surface area (Å²) in [6.45, 7) is 9.88. The molecule has 0 rings (SSSR count). The molecule has 0 aliphatic heterocycles. The van der Waals surface area contributed by atoms with Crippen molar-refractivity contribution in [2.45, 2.75) is 20.8 Å². The molecule has 0 radical (unpaired) electrons. The SMILES string of the molecule is C=C(C)/C(C)=C(C)\C=C/N. The van der Waals surface area contributed by atoms with E-state index in [0.29, 0.717) is 0 Å². The van der Waals surface area contributed by atoms with E-state index in [2.05, 4.69) is 6.58 Å². The third kappa shape index (κ3) is 2.53. The second-order valence-corrected chi connectivity index (χ2v) is 2.45. The molecule has 0 aliphatic carbocycles. The fourth-order valence-electron chi connectivity index (χ4n) is 0.606. The molecule has 56 valence electrons. The molecule has 0 aromatic carbocycles. The summed E-state index contributed by atoms with van der Waals surface area (Å²) in [5.74, 6) is 0. The van der Waals surface area contributed by atoms with Gasteiger partial charge >= 0.3 is 0 Å². The molecule has 0 atom stereocenters. The Labute approximate surface area is 62.9 Å². The van der Waals surface area contributed by atoms with Gasteiger partial charge in [-0.25, -0.2) is 0 Å². The van der Waals surface area contributed by atoms with Gasteiger partial charge in [0.2, 0.25) is 0 Å². The predicted octanol–water partition coefficient (Wildman–Crippen LogP) is 2.37. The van der Waals surface area contributed by atoms with E-state index >= 15 is 0 Å². The first-order valence-corrected chi connectivity index (χ1v) is 3.31. The summed E-state index contributed by atoms with van der Waals surface area (Å²) >= 11 is 0. The van der Waals surface area contributed by atoms with Gasteiger partial charge in [0.05, 0.1) is 0 Å². The molecule has 0 aliphatic rings. The van der Waals surface area contributed by atoms with Crippen molar-refractivity contribution in [3.8, 4) is 0 Å². The molecule has 0 heterocycles. The van der Waals surface area contributed by atoms with Gasteiger partial charge < -0.3 is 5.73 Å². The highest BCUT2D eigenvalue weighted by molar-refractivity contribution is 5.34. The molecule has 0 saturated heterocycles. The van der Waals surface area contributed by atoms with Gasteiger partial charge in [-0.15, -0.1) is 0 Å². The van der Waals surface area contributed by atoms with Crippen molar-refractivity contribution < 1.29 is 0 Å². The monoisotopic (exact) mass is 137 g/mol. The van der Waals surface area contributed by atoms with Gasteiger partial charge in [0.1, 0.15) is 0 Å². The van der Waals surface area contributed by atoms with Gasteiger partial charge in [0.25, 0.3) is 0 Å². The molecule has 0 bridgehead atoms. The third-order valence-electron chi connectivity index (χ3n) is 1.58. The van der Waals surface area contributed by atoms with Crippen LogP contribution >= 0.6 is 0 Å². The molecule has 10 heavy (non-hydrogen) atoms. The molecule has 1 nitrogen and oxygen atoms in total. The van der Waals surface area contributed by atoms with Crippen molar-refractivity contribution in [3.63, 3.8) is 0 Å². The minimum atomic E-state index is 1.09. The Kier molecular flexibility index (Phi) is 3.55. The smallest absolute Gasteiger partial charge is 0.00596 e. The summed E-state index contributed by atoms with van der Waals surface area (Å²) in [6, 6.07) is 0. The summed E-state index contributed by atoms with van der Waals surface area (Å²) in [6.07, 6.45) is 3.42. The average molecular weight is 137 g/mol. The number of allylic oxidation sites excluding steroid dienone is 4. The first-order chi connectivity index (χ1) is 4.59. The number of rotatable bonds is 2. The third-order valence-corrected chi connectivity index (χ3v) is 1.58. The van der Waals surface area contributed by atoms with Crippen LogP contribution in [0.1, 0.15) is 20.8 Å². The Bertz CT molecular complexity index is 185. The van der Waals surface area contributed by atoms with Gasteiger partial charge in [0, 0.05) is 0 Å². The summed E-state index contributed by atoms with van der Waals surface area (Å²) in [7, 11) is 0. The summed E-state index contributed by atoms with van der Waals surface area (Å²) in [4.78, 5) is 0. The lowest BCUT2D eigenvalue weighted by Crippen LogP contribution is -1.83. The number of nitrogens with two attached hydrogens (primary N) is 1. The maximum Gasteiger partial charge on any atom is -0.00596 e. The first-order valence-electron chi connectivity index (χ1n) is 3.31. The summed E-state index contributed by atoms with van der Waals surface area (Å²) < 4.78 is 0. The lowest BCUT2D eigenvalue weighted by molar-refractivity contribution is 1.28. The molecule has 0 spiro atoms. The molecule has 0 saturated carbocycles. The minimum absolute atomic E-state index is 1.09. The van der Waals surface area contributed by atoms with Crippen LogP contribution in [0.4, 0.5) is 0 Å². The zero-order valence-corrected chi connectivity index (χ0v) is 6.94. The van der Waals surface area contributed by atoms with Gasteiger partial charge in [-0.05, 0) is 44.2 Å². The predicted molar refractivity (Wildman–Crippen MR) is 46.5 cm³/mol. The van der Waals surface area contributed by atoms with E-state index in [4.69, 9.17) is 5.73 Å². The van der Waals surface area contributed by atoms with Crippen molar-refractivity contribution in [2.75, 3.05) is 0 Å². The van der Waals surface area contributed by atoms with Crippen LogP contribution in [0.15, 0.2) is 35.6 Å². The number of hydrogen-bond acceptors (Lipinski definition) is 1. The maximum atomic E-state index is 5.22. The van der Waals surface area contributed by atoms with E-state index in [-0.39, 0.29) is 0 Å². The maximum absolute atomic E-state index is 5.22.